The van der Waals surface area contributed by atoms with Crippen LogP contribution in [-0.2, 0) is 6.54 Å². The van der Waals surface area contributed by atoms with E-state index in [1.807, 2.05) is 18.0 Å². The molecule has 17 heavy (non-hydrogen) atoms. The average molecular weight is 253 g/mol. The molecule has 2 rings (SSSR count). The van der Waals surface area contributed by atoms with Crippen LogP contribution in [0.5, 0.6) is 0 Å². The van der Waals surface area contributed by atoms with Gasteiger partial charge in [-0.15, -0.1) is 5.10 Å². The molecular formula is C11H19N5S. The van der Waals surface area contributed by atoms with Crippen molar-refractivity contribution in [3.05, 3.63) is 12.4 Å². The van der Waals surface area contributed by atoms with Crippen LogP contribution >= 0.6 is 11.8 Å². The van der Waals surface area contributed by atoms with E-state index in [1.54, 1.807) is 10.9 Å². The Balaban J connectivity index is 1.80. The van der Waals surface area contributed by atoms with Crippen molar-refractivity contribution in [2.75, 3.05) is 12.3 Å². The number of hydrogen-bond donors (Lipinski definition) is 1. The van der Waals surface area contributed by atoms with E-state index < -0.39 is 0 Å². The number of aromatic nitrogens is 3. The first-order valence-corrected chi connectivity index (χ1v) is 7.02. The Kier molecular flexibility index (Phi) is 4.42. The lowest BCUT2D eigenvalue weighted by atomic mass is 10.0. The summed E-state index contributed by atoms with van der Waals surface area (Å²) < 4.78 is 1.80. The molecule has 0 bridgehead atoms. The molecule has 0 aliphatic carbocycles. The minimum Gasteiger partial charge on any atom is -0.362 e. The highest BCUT2D eigenvalue weighted by Gasteiger charge is 2.19. The maximum atomic E-state index is 4.57. The van der Waals surface area contributed by atoms with Crippen molar-refractivity contribution in [2.24, 2.45) is 10.9 Å². The smallest absolute Gasteiger partial charge is 0.156 e. The molecule has 1 aliphatic rings. The van der Waals surface area contributed by atoms with Gasteiger partial charge >= 0.3 is 0 Å². The zero-order chi connectivity index (χ0) is 12.1. The Hall–Kier alpha value is -1.04. The van der Waals surface area contributed by atoms with Gasteiger partial charge in [0.05, 0.1) is 19.3 Å². The van der Waals surface area contributed by atoms with Gasteiger partial charge in [-0.1, -0.05) is 30.8 Å². The van der Waals surface area contributed by atoms with Crippen LogP contribution in [0.4, 0.5) is 0 Å². The van der Waals surface area contributed by atoms with Crippen molar-refractivity contribution in [3.8, 4) is 0 Å². The van der Waals surface area contributed by atoms with Crippen molar-refractivity contribution < 1.29 is 0 Å². The Morgan fingerprint density at radius 2 is 2.53 bits per heavy atom. The molecule has 2 heterocycles. The second kappa shape index (κ2) is 6.05. The summed E-state index contributed by atoms with van der Waals surface area (Å²) in [5.74, 6) is 1.83. The summed E-state index contributed by atoms with van der Waals surface area (Å²) in [5.41, 5.74) is 0. The molecule has 94 valence electrons. The average Bonchev–Trinajstić information content (AvgIpc) is 2.82. The normalized spacial score (nSPS) is 23.0. The van der Waals surface area contributed by atoms with E-state index in [0.717, 1.165) is 24.0 Å². The molecule has 0 amide bonds. The summed E-state index contributed by atoms with van der Waals surface area (Å²) in [4.78, 5) is 4.57. The van der Waals surface area contributed by atoms with Gasteiger partial charge in [0.2, 0.25) is 0 Å². The molecule has 1 aromatic rings. The second-order valence-corrected chi connectivity index (χ2v) is 5.57. The van der Waals surface area contributed by atoms with Crippen molar-refractivity contribution in [1.82, 2.24) is 20.3 Å². The molecule has 0 saturated carbocycles. The predicted octanol–water partition coefficient (Wildman–Crippen LogP) is 1.39. The molecule has 1 aromatic heterocycles. The van der Waals surface area contributed by atoms with Crippen molar-refractivity contribution in [3.63, 3.8) is 0 Å². The van der Waals surface area contributed by atoms with Crippen molar-refractivity contribution >= 4 is 16.9 Å². The van der Waals surface area contributed by atoms with Gasteiger partial charge in [0.1, 0.15) is 0 Å². The highest BCUT2D eigenvalue weighted by Crippen LogP contribution is 2.18. The van der Waals surface area contributed by atoms with E-state index in [0.29, 0.717) is 12.0 Å². The standard InChI is InChI=1S/C11H19N5S/c1-9(2)10-3-8-17-11(14-10)12-4-6-16-7-5-13-15-16/h5,7,9-10H,3-4,6,8H2,1-2H3,(H,12,14). The third-order valence-electron chi connectivity index (χ3n) is 2.84. The first-order valence-electron chi connectivity index (χ1n) is 6.03. The molecule has 1 atom stereocenters. The lowest BCUT2D eigenvalue weighted by Crippen LogP contribution is -2.41. The number of nitrogens with one attached hydrogen (secondary N) is 1. The van der Waals surface area contributed by atoms with Gasteiger partial charge in [-0.2, -0.15) is 0 Å². The van der Waals surface area contributed by atoms with Crippen molar-refractivity contribution in [1.29, 1.82) is 0 Å². The van der Waals surface area contributed by atoms with Gasteiger partial charge in [0.25, 0.3) is 0 Å². The third kappa shape index (κ3) is 3.73. The quantitative estimate of drug-likeness (QED) is 0.881. The number of rotatable bonds is 4. The molecule has 1 unspecified atom stereocenters. The van der Waals surface area contributed by atoms with Gasteiger partial charge < -0.3 is 5.32 Å². The highest BCUT2D eigenvalue weighted by molar-refractivity contribution is 8.13. The van der Waals surface area contributed by atoms with Gasteiger partial charge in [0.15, 0.2) is 5.17 Å². The van der Waals surface area contributed by atoms with Crippen molar-refractivity contribution in [2.45, 2.75) is 32.9 Å². The summed E-state index contributed by atoms with van der Waals surface area (Å²) >= 11 is 1.82. The Labute approximate surface area is 106 Å². The lowest BCUT2D eigenvalue weighted by molar-refractivity contribution is 0.442. The maximum absolute atomic E-state index is 4.57. The number of nitrogens with zero attached hydrogens (tertiary/aromatic N) is 4. The topological polar surface area (TPSA) is 55.1 Å². The highest BCUT2D eigenvalue weighted by atomic mass is 32.2. The van der Waals surface area contributed by atoms with E-state index in [2.05, 4.69) is 34.5 Å². The number of amidine groups is 1. The van der Waals surface area contributed by atoms with Gasteiger partial charge in [0, 0.05) is 18.0 Å². The van der Waals surface area contributed by atoms with Crippen LogP contribution in [0.25, 0.3) is 0 Å². The fraction of sp³-hybridized carbons (Fsp3) is 0.727. The summed E-state index contributed by atoms with van der Waals surface area (Å²) in [6.07, 6.45) is 4.78. The minimum atomic E-state index is 0.571. The molecule has 0 aromatic carbocycles. The zero-order valence-electron chi connectivity index (χ0n) is 10.3. The van der Waals surface area contributed by atoms with Crippen LogP contribution in [0.2, 0.25) is 0 Å². The summed E-state index contributed by atoms with van der Waals surface area (Å²) in [7, 11) is 0. The van der Waals surface area contributed by atoms with E-state index >= 15 is 0 Å². The number of aliphatic imine (C=N–C) groups is 1. The molecular weight excluding hydrogens is 234 g/mol. The maximum Gasteiger partial charge on any atom is 0.156 e. The largest absolute Gasteiger partial charge is 0.362 e. The van der Waals surface area contributed by atoms with Crippen LogP contribution in [0.1, 0.15) is 20.3 Å². The molecule has 1 aliphatic heterocycles. The van der Waals surface area contributed by atoms with E-state index in [-0.39, 0.29) is 0 Å². The number of thioether (sulfide) groups is 1. The fourth-order valence-electron chi connectivity index (χ4n) is 1.75. The molecule has 0 radical (unpaired) electrons. The first kappa shape index (κ1) is 12.4. The molecule has 1 N–H and O–H groups in total. The summed E-state index contributed by atoms with van der Waals surface area (Å²) in [5, 5.41) is 12.3. The predicted molar refractivity (Wildman–Crippen MR) is 71.2 cm³/mol. The Morgan fingerprint density at radius 3 is 3.24 bits per heavy atom. The Morgan fingerprint density at radius 1 is 1.65 bits per heavy atom. The summed E-state index contributed by atoms with van der Waals surface area (Å²) in [6, 6.07) is 0.571. The second-order valence-electron chi connectivity index (χ2n) is 4.48. The van der Waals surface area contributed by atoms with Gasteiger partial charge in [-0.25, -0.2) is 0 Å². The van der Waals surface area contributed by atoms with Crippen LogP contribution in [-0.4, -0.2) is 38.5 Å². The molecule has 1 saturated heterocycles. The van der Waals surface area contributed by atoms with Crippen LogP contribution in [0.3, 0.4) is 0 Å². The molecule has 1 fully saturated rings. The minimum absolute atomic E-state index is 0.571. The Bertz CT molecular complexity index is 360. The van der Waals surface area contributed by atoms with E-state index in [9.17, 15) is 0 Å². The fourth-order valence-corrected chi connectivity index (χ4v) is 2.73. The monoisotopic (exact) mass is 253 g/mol. The van der Waals surface area contributed by atoms with E-state index in [1.165, 1.54) is 6.42 Å². The van der Waals surface area contributed by atoms with Gasteiger partial charge in [-0.3, -0.25) is 9.67 Å². The first-order chi connectivity index (χ1) is 8.25. The van der Waals surface area contributed by atoms with Crippen LogP contribution < -0.4 is 5.32 Å². The SMILES string of the molecule is CC(C)C1CCSC(=NCCn2ccnn2)N1. The molecule has 5 nitrogen and oxygen atoms in total. The molecule has 0 spiro atoms. The van der Waals surface area contributed by atoms with Crippen LogP contribution in [0.15, 0.2) is 17.4 Å². The van der Waals surface area contributed by atoms with E-state index in [4.69, 9.17) is 0 Å². The number of hydrogen-bond acceptors (Lipinski definition) is 4. The van der Waals surface area contributed by atoms with Crippen LogP contribution in [0, 0.1) is 5.92 Å². The molecule has 6 heteroatoms. The third-order valence-corrected chi connectivity index (χ3v) is 3.80. The van der Waals surface area contributed by atoms with Gasteiger partial charge in [-0.05, 0) is 12.3 Å². The summed E-state index contributed by atoms with van der Waals surface area (Å²) in [6.45, 7) is 6.04. The zero-order valence-corrected chi connectivity index (χ0v) is 11.2. The lowest BCUT2D eigenvalue weighted by Gasteiger charge is -2.28.